The monoisotopic (exact) mass is 203 g/mol. The van der Waals surface area contributed by atoms with Crippen molar-refractivity contribution in [3.8, 4) is 0 Å². The van der Waals surface area contributed by atoms with Crippen LogP contribution in [-0.2, 0) is 22.5 Å². The van der Waals surface area contributed by atoms with E-state index in [2.05, 4.69) is 18.0 Å². The molecule has 1 unspecified atom stereocenters. The quantitative estimate of drug-likeness (QED) is 0.583. The van der Waals surface area contributed by atoms with Crippen LogP contribution in [0.15, 0.2) is 37.1 Å². The van der Waals surface area contributed by atoms with Crippen molar-refractivity contribution in [3.05, 3.63) is 48.2 Å². The lowest BCUT2D eigenvalue weighted by Gasteiger charge is -2.23. The maximum Gasteiger partial charge on any atom is 0.328 e. The Kier molecular flexibility index (Phi) is 2.83. The van der Waals surface area contributed by atoms with E-state index >= 15 is 0 Å². The second-order valence-electron chi connectivity index (χ2n) is 3.51. The molecule has 1 aliphatic heterocycles. The van der Waals surface area contributed by atoms with E-state index in [-0.39, 0.29) is 12.0 Å². The SMILES string of the molecule is C=COC(=O)C1Cc2ccccc2CN1. The van der Waals surface area contributed by atoms with Crippen LogP contribution in [0.25, 0.3) is 0 Å². The molecule has 15 heavy (non-hydrogen) atoms. The summed E-state index contributed by atoms with van der Waals surface area (Å²) in [6, 6.07) is 7.85. The normalized spacial score (nSPS) is 19.1. The lowest BCUT2D eigenvalue weighted by Crippen LogP contribution is -2.42. The smallest absolute Gasteiger partial charge is 0.328 e. The van der Waals surface area contributed by atoms with Gasteiger partial charge in [-0.25, -0.2) is 4.79 Å². The van der Waals surface area contributed by atoms with Gasteiger partial charge in [0.15, 0.2) is 0 Å². The molecule has 1 heterocycles. The van der Waals surface area contributed by atoms with Crippen LogP contribution in [0, 0.1) is 0 Å². The molecule has 78 valence electrons. The molecule has 0 spiro atoms. The van der Waals surface area contributed by atoms with Crippen LogP contribution in [0.5, 0.6) is 0 Å². The molecule has 0 saturated carbocycles. The first kappa shape index (κ1) is 9.93. The van der Waals surface area contributed by atoms with Gasteiger partial charge in [-0.1, -0.05) is 30.8 Å². The van der Waals surface area contributed by atoms with E-state index in [0.29, 0.717) is 13.0 Å². The lowest BCUT2D eigenvalue weighted by molar-refractivity contribution is -0.140. The number of esters is 1. The average molecular weight is 203 g/mol. The molecule has 0 aliphatic carbocycles. The minimum atomic E-state index is -0.264. The zero-order chi connectivity index (χ0) is 10.7. The summed E-state index contributed by atoms with van der Waals surface area (Å²) in [4.78, 5) is 11.5. The van der Waals surface area contributed by atoms with Crippen molar-refractivity contribution >= 4 is 5.97 Å². The summed E-state index contributed by atoms with van der Waals surface area (Å²) >= 11 is 0. The number of carbonyl (C=O) groups is 1. The summed E-state index contributed by atoms with van der Waals surface area (Å²) in [6.07, 6.45) is 1.85. The number of carbonyl (C=O) groups excluding carboxylic acids is 1. The van der Waals surface area contributed by atoms with Crippen LogP contribution < -0.4 is 5.32 Å². The maximum atomic E-state index is 11.5. The second kappa shape index (κ2) is 4.28. The van der Waals surface area contributed by atoms with Crippen LogP contribution in [0.2, 0.25) is 0 Å². The number of rotatable bonds is 2. The van der Waals surface area contributed by atoms with Gasteiger partial charge >= 0.3 is 5.97 Å². The minimum Gasteiger partial charge on any atom is -0.434 e. The lowest BCUT2D eigenvalue weighted by atomic mass is 9.96. The van der Waals surface area contributed by atoms with Crippen molar-refractivity contribution < 1.29 is 9.53 Å². The summed E-state index contributed by atoms with van der Waals surface area (Å²) in [5.74, 6) is -0.264. The van der Waals surface area contributed by atoms with E-state index in [1.807, 2.05) is 18.2 Å². The third-order valence-corrected chi connectivity index (χ3v) is 2.57. The Morgan fingerprint density at radius 2 is 2.20 bits per heavy atom. The van der Waals surface area contributed by atoms with Crippen molar-refractivity contribution in [2.45, 2.75) is 19.0 Å². The van der Waals surface area contributed by atoms with Gasteiger partial charge in [0.1, 0.15) is 6.04 Å². The van der Waals surface area contributed by atoms with Crippen molar-refractivity contribution in [1.29, 1.82) is 0 Å². The van der Waals surface area contributed by atoms with E-state index in [1.165, 1.54) is 17.4 Å². The molecule has 3 heteroatoms. The molecule has 1 atom stereocenters. The van der Waals surface area contributed by atoms with Crippen LogP contribution in [0.4, 0.5) is 0 Å². The Morgan fingerprint density at radius 1 is 1.47 bits per heavy atom. The predicted molar refractivity (Wildman–Crippen MR) is 57.1 cm³/mol. The Bertz CT molecular complexity index is 387. The highest BCUT2D eigenvalue weighted by Gasteiger charge is 2.24. The molecule has 2 rings (SSSR count). The first-order valence-electron chi connectivity index (χ1n) is 4.93. The fraction of sp³-hybridized carbons (Fsp3) is 0.250. The first-order valence-corrected chi connectivity index (χ1v) is 4.93. The zero-order valence-corrected chi connectivity index (χ0v) is 8.40. The maximum absolute atomic E-state index is 11.5. The van der Waals surface area contributed by atoms with Crippen molar-refractivity contribution in [2.75, 3.05) is 0 Å². The predicted octanol–water partition coefficient (Wildman–Crippen LogP) is 1.39. The molecule has 1 N–H and O–H groups in total. The van der Waals surface area contributed by atoms with E-state index in [4.69, 9.17) is 4.74 Å². The van der Waals surface area contributed by atoms with Crippen LogP contribution in [0.1, 0.15) is 11.1 Å². The third kappa shape index (κ3) is 2.07. The second-order valence-corrected chi connectivity index (χ2v) is 3.51. The largest absolute Gasteiger partial charge is 0.434 e. The summed E-state index contributed by atoms with van der Waals surface area (Å²) in [5, 5.41) is 3.14. The van der Waals surface area contributed by atoms with E-state index < -0.39 is 0 Å². The molecular formula is C12H13NO2. The molecule has 0 radical (unpaired) electrons. The summed E-state index contributed by atoms with van der Waals surface area (Å²) < 4.78 is 4.76. The van der Waals surface area contributed by atoms with E-state index in [9.17, 15) is 4.79 Å². The van der Waals surface area contributed by atoms with Gasteiger partial charge in [0.2, 0.25) is 0 Å². The minimum absolute atomic E-state index is 0.252. The summed E-state index contributed by atoms with van der Waals surface area (Å²) in [5.41, 5.74) is 2.46. The molecule has 1 aliphatic rings. The van der Waals surface area contributed by atoms with Crippen LogP contribution >= 0.6 is 0 Å². The molecular weight excluding hydrogens is 190 g/mol. The highest BCUT2D eigenvalue weighted by molar-refractivity contribution is 5.77. The number of nitrogens with one attached hydrogen (secondary N) is 1. The van der Waals surface area contributed by atoms with Gasteiger partial charge in [0.05, 0.1) is 6.26 Å². The van der Waals surface area contributed by atoms with Crippen LogP contribution in [-0.4, -0.2) is 12.0 Å². The summed E-state index contributed by atoms with van der Waals surface area (Å²) in [6.45, 7) is 4.08. The summed E-state index contributed by atoms with van der Waals surface area (Å²) in [7, 11) is 0. The molecule has 0 fully saturated rings. The van der Waals surface area contributed by atoms with Gasteiger partial charge in [0, 0.05) is 6.54 Å². The Hall–Kier alpha value is -1.61. The van der Waals surface area contributed by atoms with Crippen molar-refractivity contribution in [1.82, 2.24) is 5.32 Å². The van der Waals surface area contributed by atoms with Crippen LogP contribution in [0.3, 0.4) is 0 Å². The Morgan fingerprint density at radius 3 is 2.93 bits per heavy atom. The topological polar surface area (TPSA) is 38.3 Å². The fourth-order valence-corrected chi connectivity index (χ4v) is 1.79. The average Bonchev–Trinajstić information content (AvgIpc) is 2.29. The molecule has 0 aromatic heterocycles. The number of benzene rings is 1. The first-order chi connectivity index (χ1) is 7.31. The highest BCUT2D eigenvalue weighted by atomic mass is 16.5. The van der Waals surface area contributed by atoms with Gasteiger partial charge in [-0.2, -0.15) is 0 Å². The third-order valence-electron chi connectivity index (χ3n) is 2.57. The van der Waals surface area contributed by atoms with Gasteiger partial charge in [-0.3, -0.25) is 5.32 Å². The van der Waals surface area contributed by atoms with Crippen molar-refractivity contribution in [2.24, 2.45) is 0 Å². The zero-order valence-electron chi connectivity index (χ0n) is 8.40. The number of fused-ring (bicyclic) bond motifs is 1. The molecule has 1 aromatic carbocycles. The molecule has 0 saturated heterocycles. The molecule has 3 nitrogen and oxygen atoms in total. The molecule has 1 aromatic rings. The molecule has 0 bridgehead atoms. The van der Waals surface area contributed by atoms with Gasteiger partial charge in [0.25, 0.3) is 0 Å². The highest BCUT2D eigenvalue weighted by Crippen LogP contribution is 2.16. The number of hydrogen-bond acceptors (Lipinski definition) is 3. The van der Waals surface area contributed by atoms with Crippen molar-refractivity contribution in [3.63, 3.8) is 0 Å². The Balaban J connectivity index is 2.11. The van der Waals surface area contributed by atoms with Gasteiger partial charge in [-0.15, -0.1) is 0 Å². The molecule has 0 amide bonds. The Labute approximate surface area is 88.8 Å². The van der Waals surface area contributed by atoms with E-state index in [0.717, 1.165) is 0 Å². The van der Waals surface area contributed by atoms with Gasteiger partial charge < -0.3 is 4.74 Å². The fourth-order valence-electron chi connectivity index (χ4n) is 1.79. The number of ether oxygens (including phenoxy) is 1. The number of hydrogen-bond donors (Lipinski definition) is 1. The van der Waals surface area contributed by atoms with Gasteiger partial charge in [-0.05, 0) is 17.5 Å². The van der Waals surface area contributed by atoms with E-state index in [1.54, 1.807) is 0 Å². The standard InChI is InChI=1S/C12H13NO2/c1-2-15-12(14)11-7-9-5-3-4-6-10(9)8-13-11/h2-6,11,13H,1,7-8H2.